The first-order valence-corrected chi connectivity index (χ1v) is 2.52. The van der Waals surface area contributed by atoms with Crippen LogP contribution in [0.4, 0.5) is 0 Å². The molecule has 5 N–H and O–H groups in total. The smallest absolute Gasteiger partial charge is 0.127 e. The minimum atomic E-state index is -1.23. The normalized spacial score (nSPS) is 16.8. The highest BCUT2D eigenvalue weighted by atomic mass is 16.3. The van der Waals surface area contributed by atoms with E-state index in [0.29, 0.717) is 0 Å². The Labute approximate surface area is 53.2 Å². The molecule has 0 saturated carbocycles. The fourth-order valence-electron chi connectivity index (χ4n) is 0.347. The van der Waals surface area contributed by atoms with Crippen LogP contribution in [0.15, 0.2) is 12.3 Å². The van der Waals surface area contributed by atoms with Gasteiger partial charge < -0.3 is 21.1 Å². The minimum Gasteiger partial charge on any atom is -0.510 e. The van der Waals surface area contributed by atoms with E-state index in [1.54, 1.807) is 0 Å². The quantitative estimate of drug-likeness (QED) is 0.362. The van der Waals surface area contributed by atoms with Crippen molar-refractivity contribution in [2.24, 2.45) is 5.73 Å². The molecule has 0 unspecified atom stereocenters. The Kier molecular flexibility index (Phi) is 3.22. The number of rotatable bonds is 3. The van der Waals surface area contributed by atoms with Crippen molar-refractivity contribution in [2.45, 2.75) is 12.1 Å². The van der Waals surface area contributed by atoms with Gasteiger partial charge in [0, 0.05) is 0 Å². The molecule has 0 aromatic rings. The van der Waals surface area contributed by atoms with Gasteiger partial charge in [-0.2, -0.15) is 0 Å². The second-order valence-electron chi connectivity index (χ2n) is 1.78. The van der Waals surface area contributed by atoms with Gasteiger partial charge in [0.05, 0.1) is 12.6 Å². The van der Waals surface area contributed by atoms with Crippen LogP contribution < -0.4 is 5.73 Å². The fourth-order valence-corrected chi connectivity index (χ4v) is 0.347. The molecule has 0 fully saturated rings. The van der Waals surface area contributed by atoms with E-state index in [0.717, 1.165) is 0 Å². The zero-order valence-electron chi connectivity index (χ0n) is 4.99. The van der Waals surface area contributed by atoms with Crippen LogP contribution in [0.1, 0.15) is 0 Å². The Morgan fingerprint density at radius 2 is 2.11 bits per heavy atom. The van der Waals surface area contributed by atoms with E-state index in [4.69, 9.17) is 21.1 Å². The highest BCUT2D eigenvalue weighted by molar-refractivity contribution is 4.94. The van der Waals surface area contributed by atoms with E-state index in [1.807, 2.05) is 0 Å². The fraction of sp³-hybridized carbons (Fsp3) is 0.600. The maximum Gasteiger partial charge on any atom is 0.127 e. The molecule has 0 heterocycles. The first-order valence-electron chi connectivity index (χ1n) is 2.52. The van der Waals surface area contributed by atoms with E-state index in [2.05, 4.69) is 6.58 Å². The molecule has 0 aliphatic heterocycles. The Bertz CT molecular complexity index is 104. The molecule has 0 saturated heterocycles. The first-order chi connectivity index (χ1) is 4.09. The summed E-state index contributed by atoms with van der Waals surface area (Å²) >= 11 is 0. The highest BCUT2D eigenvalue weighted by Crippen LogP contribution is 1.97. The maximum absolute atomic E-state index is 8.76. The van der Waals surface area contributed by atoms with Crippen LogP contribution in [0.2, 0.25) is 0 Å². The van der Waals surface area contributed by atoms with Gasteiger partial charge in [-0.05, 0) is 0 Å². The SMILES string of the molecule is C=C(O)[C@@H](O)[C@@H](N)CO. The van der Waals surface area contributed by atoms with Gasteiger partial charge in [-0.1, -0.05) is 6.58 Å². The largest absolute Gasteiger partial charge is 0.510 e. The Morgan fingerprint density at radius 3 is 2.22 bits per heavy atom. The van der Waals surface area contributed by atoms with Crippen molar-refractivity contribution in [3.8, 4) is 0 Å². The summed E-state index contributed by atoms with van der Waals surface area (Å²) < 4.78 is 0. The Morgan fingerprint density at radius 1 is 1.67 bits per heavy atom. The van der Waals surface area contributed by atoms with Crippen molar-refractivity contribution in [3.05, 3.63) is 12.3 Å². The predicted octanol–water partition coefficient (Wildman–Crippen LogP) is -1.26. The third-order valence-electron chi connectivity index (χ3n) is 0.958. The molecule has 54 valence electrons. The van der Waals surface area contributed by atoms with Gasteiger partial charge in [0.1, 0.15) is 11.9 Å². The lowest BCUT2D eigenvalue weighted by Gasteiger charge is -2.13. The van der Waals surface area contributed by atoms with Crippen molar-refractivity contribution in [3.63, 3.8) is 0 Å². The van der Waals surface area contributed by atoms with Gasteiger partial charge in [0.2, 0.25) is 0 Å². The van der Waals surface area contributed by atoms with Gasteiger partial charge in [-0.15, -0.1) is 0 Å². The van der Waals surface area contributed by atoms with E-state index >= 15 is 0 Å². The van der Waals surface area contributed by atoms with Crippen LogP contribution in [0.5, 0.6) is 0 Å². The number of aliphatic hydroxyl groups excluding tert-OH is 3. The molecular formula is C5H11NO3. The van der Waals surface area contributed by atoms with Crippen LogP contribution in [-0.2, 0) is 0 Å². The Balaban J connectivity index is 3.72. The highest BCUT2D eigenvalue weighted by Gasteiger charge is 2.15. The maximum atomic E-state index is 8.76. The van der Waals surface area contributed by atoms with Gasteiger partial charge in [0.25, 0.3) is 0 Å². The van der Waals surface area contributed by atoms with Gasteiger partial charge >= 0.3 is 0 Å². The first kappa shape index (κ1) is 8.42. The summed E-state index contributed by atoms with van der Waals surface area (Å²) in [5.74, 6) is -0.420. The van der Waals surface area contributed by atoms with Crippen LogP contribution in [0, 0.1) is 0 Å². The van der Waals surface area contributed by atoms with E-state index in [1.165, 1.54) is 0 Å². The monoisotopic (exact) mass is 133 g/mol. The van der Waals surface area contributed by atoms with Gasteiger partial charge in [-0.3, -0.25) is 0 Å². The summed E-state index contributed by atoms with van der Waals surface area (Å²) in [6, 6.07) is -0.845. The van der Waals surface area contributed by atoms with Crippen molar-refractivity contribution in [2.75, 3.05) is 6.61 Å². The summed E-state index contributed by atoms with van der Waals surface area (Å²) in [6.07, 6.45) is -1.23. The van der Waals surface area contributed by atoms with E-state index < -0.39 is 17.9 Å². The lowest BCUT2D eigenvalue weighted by Crippen LogP contribution is -2.38. The molecule has 0 aliphatic rings. The molecule has 2 atom stereocenters. The third kappa shape index (κ3) is 2.46. The molecule has 4 heteroatoms. The van der Waals surface area contributed by atoms with Crippen molar-refractivity contribution < 1.29 is 15.3 Å². The van der Waals surface area contributed by atoms with Crippen molar-refractivity contribution >= 4 is 0 Å². The second kappa shape index (κ2) is 3.45. The zero-order chi connectivity index (χ0) is 7.44. The molecule has 0 aromatic carbocycles. The molecule has 0 spiro atoms. The molecule has 0 bridgehead atoms. The predicted molar refractivity (Wildman–Crippen MR) is 32.8 cm³/mol. The minimum absolute atomic E-state index is 0.374. The van der Waals surface area contributed by atoms with Crippen LogP contribution >= 0.6 is 0 Å². The molecule has 0 radical (unpaired) electrons. The summed E-state index contributed by atoms with van der Waals surface area (Å²) in [5.41, 5.74) is 5.10. The van der Waals surface area contributed by atoms with Gasteiger partial charge in [0.15, 0.2) is 0 Å². The molecule has 0 amide bonds. The molecule has 9 heavy (non-hydrogen) atoms. The molecule has 0 aromatic heterocycles. The average Bonchev–Trinajstić information content (AvgIpc) is 1.84. The summed E-state index contributed by atoms with van der Waals surface area (Å²) in [5, 5.41) is 25.6. The van der Waals surface area contributed by atoms with Crippen LogP contribution in [0.3, 0.4) is 0 Å². The van der Waals surface area contributed by atoms with Crippen LogP contribution in [0.25, 0.3) is 0 Å². The number of hydrogen-bond acceptors (Lipinski definition) is 4. The molecular weight excluding hydrogens is 122 g/mol. The molecule has 0 aliphatic carbocycles. The van der Waals surface area contributed by atoms with Crippen LogP contribution in [-0.4, -0.2) is 34.1 Å². The topological polar surface area (TPSA) is 86.7 Å². The van der Waals surface area contributed by atoms with Crippen molar-refractivity contribution in [1.82, 2.24) is 0 Å². The van der Waals surface area contributed by atoms with Gasteiger partial charge in [-0.25, -0.2) is 0 Å². The summed E-state index contributed by atoms with van der Waals surface area (Å²) in [7, 11) is 0. The standard InChI is InChI=1S/C5H11NO3/c1-3(8)5(9)4(6)2-7/h4-5,7-9H,1-2,6H2/t4-,5+/m0/s1. The van der Waals surface area contributed by atoms with E-state index in [-0.39, 0.29) is 6.61 Å². The summed E-state index contributed by atoms with van der Waals surface area (Å²) in [4.78, 5) is 0. The second-order valence-corrected chi connectivity index (χ2v) is 1.78. The number of aliphatic hydroxyl groups is 3. The van der Waals surface area contributed by atoms with E-state index in [9.17, 15) is 0 Å². The van der Waals surface area contributed by atoms with Crippen molar-refractivity contribution in [1.29, 1.82) is 0 Å². The lowest BCUT2D eigenvalue weighted by molar-refractivity contribution is 0.0998. The Hall–Kier alpha value is -0.580. The number of nitrogens with two attached hydrogens (primary N) is 1. The molecule has 4 nitrogen and oxygen atoms in total. The number of hydrogen-bond donors (Lipinski definition) is 4. The third-order valence-corrected chi connectivity index (χ3v) is 0.958. The summed E-state index contributed by atoms with van der Waals surface area (Å²) in [6.45, 7) is 2.66. The average molecular weight is 133 g/mol. The molecule has 0 rings (SSSR count). The lowest BCUT2D eigenvalue weighted by atomic mass is 10.1. The zero-order valence-corrected chi connectivity index (χ0v) is 4.99.